The lowest BCUT2D eigenvalue weighted by molar-refractivity contribution is 0.630. The van der Waals surface area contributed by atoms with Crippen LogP contribution >= 0.6 is 0 Å². The Balaban J connectivity index is 2.10. The molecule has 1 heterocycles. The van der Waals surface area contributed by atoms with Gasteiger partial charge in [-0.15, -0.1) is 0 Å². The zero-order chi connectivity index (χ0) is 14.8. The molecular weight excluding hydrogens is 260 g/mol. The molecule has 106 valence electrons. The first-order valence-corrected chi connectivity index (χ1v) is 7.05. The molecule has 3 nitrogen and oxygen atoms in total. The molecule has 0 fully saturated rings. The topological polar surface area (TPSA) is 26.9 Å². The van der Waals surface area contributed by atoms with Crippen LogP contribution in [0.3, 0.4) is 0 Å². The van der Waals surface area contributed by atoms with E-state index in [1.54, 1.807) is 4.68 Å². The molecule has 1 aromatic heterocycles. The Morgan fingerprint density at radius 2 is 1.48 bits per heavy atom. The lowest BCUT2D eigenvalue weighted by Gasteiger charge is -2.07. The molecular formula is C18H18N2O. The molecule has 0 bridgehead atoms. The Labute approximate surface area is 124 Å². The Morgan fingerprint density at radius 1 is 0.905 bits per heavy atom. The van der Waals surface area contributed by atoms with Crippen LogP contribution in [0.4, 0.5) is 0 Å². The Hall–Kier alpha value is -2.55. The summed E-state index contributed by atoms with van der Waals surface area (Å²) in [5, 5.41) is 0. The van der Waals surface area contributed by atoms with E-state index in [0.29, 0.717) is 6.42 Å². The van der Waals surface area contributed by atoms with Gasteiger partial charge in [0.15, 0.2) is 0 Å². The summed E-state index contributed by atoms with van der Waals surface area (Å²) in [4.78, 5) is 12.8. The SMILES string of the molecule is Cc1c(Cc2ccccc2)c(=O)n(-c2ccccc2)n1C. The second kappa shape index (κ2) is 5.44. The summed E-state index contributed by atoms with van der Waals surface area (Å²) in [6.45, 7) is 2.00. The fourth-order valence-electron chi connectivity index (χ4n) is 2.63. The van der Waals surface area contributed by atoms with Gasteiger partial charge in [0.05, 0.1) is 5.69 Å². The third-order valence-corrected chi connectivity index (χ3v) is 3.90. The van der Waals surface area contributed by atoms with Crippen LogP contribution in [0.15, 0.2) is 65.5 Å². The van der Waals surface area contributed by atoms with E-state index >= 15 is 0 Å². The predicted octanol–water partition coefficient (Wildman–Crippen LogP) is 3.08. The van der Waals surface area contributed by atoms with Crippen molar-refractivity contribution in [1.82, 2.24) is 9.36 Å². The average molecular weight is 278 g/mol. The fourth-order valence-corrected chi connectivity index (χ4v) is 2.63. The van der Waals surface area contributed by atoms with Crippen molar-refractivity contribution >= 4 is 0 Å². The standard InChI is InChI=1S/C18H18N2O/c1-14-17(13-15-9-5-3-6-10-15)18(21)20(19(14)2)16-11-7-4-8-12-16/h3-12H,13H2,1-2H3. The minimum atomic E-state index is 0.0602. The summed E-state index contributed by atoms with van der Waals surface area (Å²) in [6.07, 6.45) is 0.666. The maximum absolute atomic E-state index is 12.8. The van der Waals surface area contributed by atoms with E-state index in [2.05, 4.69) is 12.1 Å². The lowest BCUT2D eigenvalue weighted by atomic mass is 10.1. The van der Waals surface area contributed by atoms with Gasteiger partial charge in [0, 0.05) is 24.7 Å². The molecule has 2 aromatic carbocycles. The van der Waals surface area contributed by atoms with E-state index in [-0.39, 0.29) is 5.56 Å². The van der Waals surface area contributed by atoms with Crippen LogP contribution in [0.5, 0.6) is 0 Å². The van der Waals surface area contributed by atoms with Gasteiger partial charge in [-0.05, 0) is 24.6 Å². The number of benzene rings is 2. The molecule has 0 amide bonds. The van der Waals surface area contributed by atoms with Crippen molar-refractivity contribution in [1.29, 1.82) is 0 Å². The van der Waals surface area contributed by atoms with Gasteiger partial charge in [0.2, 0.25) is 0 Å². The van der Waals surface area contributed by atoms with E-state index in [9.17, 15) is 4.79 Å². The van der Waals surface area contributed by atoms with E-state index in [1.165, 1.54) is 0 Å². The quantitative estimate of drug-likeness (QED) is 0.723. The molecule has 0 atom stereocenters. The van der Waals surface area contributed by atoms with E-state index in [0.717, 1.165) is 22.5 Å². The first kappa shape index (κ1) is 13.4. The highest BCUT2D eigenvalue weighted by Gasteiger charge is 2.15. The molecule has 3 heteroatoms. The maximum atomic E-state index is 12.8. The monoisotopic (exact) mass is 278 g/mol. The van der Waals surface area contributed by atoms with Gasteiger partial charge in [-0.3, -0.25) is 9.48 Å². The molecule has 0 saturated carbocycles. The van der Waals surface area contributed by atoms with Crippen molar-refractivity contribution in [2.24, 2.45) is 7.05 Å². The Morgan fingerprint density at radius 3 is 2.10 bits per heavy atom. The van der Waals surface area contributed by atoms with E-state index < -0.39 is 0 Å². The van der Waals surface area contributed by atoms with Crippen LogP contribution in [0.2, 0.25) is 0 Å². The fraction of sp³-hybridized carbons (Fsp3) is 0.167. The molecule has 3 rings (SSSR count). The third-order valence-electron chi connectivity index (χ3n) is 3.90. The number of rotatable bonds is 3. The van der Waals surface area contributed by atoms with Crippen LogP contribution in [0, 0.1) is 6.92 Å². The molecule has 0 unspecified atom stereocenters. The molecule has 0 aliphatic rings. The van der Waals surface area contributed by atoms with Crippen LogP contribution in [-0.4, -0.2) is 9.36 Å². The van der Waals surface area contributed by atoms with Crippen LogP contribution in [0.1, 0.15) is 16.8 Å². The normalized spacial score (nSPS) is 10.8. The zero-order valence-electron chi connectivity index (χ0n) is 12.3. The smallest absolute Gasteiger partial charge is 0.275 e. The molecule has 3 aromatic rings. The second-order valence-corrected chi connectivity index (χ2v) is 5.20. The van der Waals surface area contributed by atoms with Crippen molar-refractivity contribution in [3.63, 3.8) is 0 Å². The third kappa shape index (κ3) is 2.42. The van der Waals surface area contributed by atoms with Crippen LogP contribution in [-0.2, 0) is 13.5 Å². The van der Waals surface area contributed by atoms with Gasteiger partial charge in [-0.2, -0.15) is 0 Å². The zero-order valence-corrected chi connectivity index (χ0v) is 12.3. The maximum Gasteiger partial charge on any atom is 0.275 e. The highest BCUT2D eigenvalue weighted by atomic mass is 16.1. The summed E-state index contributed by atoms with van der Waals surface area (Å²) < 4.78 is 3.66. The molecule has 0 saturated heterocycles. The van der Waals surface area contributed by atoms with Gasteiger partial charge < -0.3 is 0 Å². The summed E-state index contributed by atoms with van der Waals surface area (Å²) in [7, 11) is 1.93. The summed E-state index contributed by atoms with van der Waals surface area (Å²) in [5.74, 6) is 0. The average Bonchev–Trinajstić information content (AvgIpc) is 2.73. The molecule has 0 radical (unpaired) electrons. The lowest BCUT2D eigenvalue weighted by Crippen LogP contribution is -2.21. The number of aromatic nitrogens is 2. The number of hydrogen-bond donors (Lipinski definition) is 0. The number of hydrogen-bond acceptors (Lipinski definition) is 1. The predicted molar refractivity (Wildman–Crippen MR) is 85.0 cm³/mol. The Bertz CT molecular complexity index is 798. The van der Waals surface area contributed by atoms with Gasteiger partial charge in [0.25, 0.3) is 5.56 Å². The minimum Gasteiger partial charge on any atom is -0.285 e. The highest BCUT2D eigenvalue weighted by Crippen LogP contribution is 2.13. The highest BCUT2D eigenvalue weighted by molar-refractivity contribution is 5.35. The largest absolute Gasteiger partial charge is 0.285 e. The van der Waals surface area contributed by atoms with Crippen LogP contribution in [0.25, 0.3) is 5.69 Å². The van der Waals surface area contributed by atoms with Crippen molar-refractivity contribution in [2.45, 2.75) is 13.3 Å². The molecule has 21 heavy (non-hydrogen) atoms. The molecule has 0 aliphatic heterocycles. The minimum absolute atomic E-state index is 0.0602. The number of para-hydroxylation sites is 1. The second-order valence-electron chi connectivity index (χ2n) is 5.20. The summed E-state index contributed by atoms with van der Waals surface area (Å²) in [6, 6.07) is 19.9. The van der Waals surface area contributed by atoms with Gasteiger partial charge >= 0.3 is 0 Å². The first-order valence-electron chi connectivity index (χ1n) is 7.05. The summed E-state index contributed by atoms with van der Waals surface area (Å²) in [5.41, 5.74) is 3.97. The van der Waals surface area contributed by atoms with Crippen molar-refractivity contribution < 1.29 is 0 Å². The van der Waals surface area contributed by atoms with E-state index in [1.807, 2.05) is 67.2 Å². The van der Waals surface area contributed by atoms with Crippen LogP contribution < -0.4 is 5.56 Å². The number of nitrogens with zero attached hydrogens (tertiary/aromatic N) is 2. The first-order chi connectivity index (χ1) is 10.2. The molecule has 0 N–H and O–H groups in total. The molecule has 0 aliphatic carbocycles. The van der Waals surface area contributed by atoms with Gasteiger partial charge in [-0.25, -0.2) is 4.68 Å². The van der Waals surface area contributed by atoms with Crippen molar-refractivity contribution in [2.75, 3.05) is 0 Å². The Kier molecular flexibility index (Phi) is 3.48. The molecule has 0 spiro atoms. The van der Waals surface area contributed by atoms with E-state index in [4.69, 9.17) is 0 Å². The summed E-state index contributed by atoms with van der Waals surface area (Å²) >= 11 is 0. The van der Waals surface area contributed by atoms with Gasteiger partial charge in [0.1, 0.15) is 0 Å². The van der Waals surface area contributed by atoms with Crippen molar-refractivity contribution in [3.05, 3.63) is 87.8 Å². The van der Waals surface area contributed by atoms with Gasteiger partial charge in [-0.1, -0.05) is 48.5 Å². The van der Waals surface area contributed by atoms with Crippen molar-refractivity contribution in [3.8, 4) is 5.69 Å².